The molecule has 3 aromatic carbocycles. The van der Waals surface area contributed by atoms with Crippen LogP contribution in [0, 0.1) is 5.82 Å². The summed E-state index contributed by atoms with van der Waals surface area (Å²) in [4.78, 5) is 31.1. The number of methoxy groups -OCH3 is 1. The molecule has 0 saturated carbocycles. The fraction of sp³-hybridized carbons (Fsp3) is 0.323. The average Bonchev–Trinajstić information content (AvgIpc) is 3.45. The highest BCUT2D eigenvalue weighted by Gasteiger charge is 2.35. The number of rotatable bonds is 9. The molecule has 1 fully saturated rings. The normalized spacial score (nSPS) is 17.3. The fourth-order valence-corrected chi connectivity index (χ4v) is 5.31. The van der Waals surface area contributed by atoms with Gasteiger partial charge in [0, 0.05) is 43.2 Å². The Bertz CT molecular complexity index is 1410. The van der Waals surface area contributed by atoms with Gasteiger partial charge in [0.1, 0.15) is 18.1 Å². The predicted octanol–water partition coefficient (Wildman–Crippen LogP) is 4.64. The summed E-state index contributed by atoms with van der Waals surface area (Å²) in [7, 11) is 1.59. The lowest BCUT2D eigenvalue weighted by Gasteiger charge is -2.31. The van der Waals surface area contributed by atoms with Crippen molar-refractivity contribution in [3.8, 4) is 5.75 Å². The summed E-state index contributed by atoms with van der Waals surface area (Å²) < 4.78 is 25.4. The lowest BCUT2D eigenvalue weighted by atomic mass is 9.98. The van der Waals surface area contributed by atoms with Gasteiger partial charge in [-0.05, 0) is 35.9 Å². The monoisotopic (exact) mass is 578 g/mol. The molecule has 1 saturated heterocycles. The van der Waals surface area contributed by atoms with E-state index in [-0.39, 0.29) is 24.6 Å². The van der Waals surface area contributed by atoms with Crippen molar-refractivity contribution >= 4 is 29.1 Å². The molecule has 10 heteroatoms. The van der Waals surface area contributed by atoms with Gasteiger partial charge in [0.15, 0.2) is 0 Å². The number of benzene rings is 3. The second-order valence-corrected chi connectivity index (χ2v) is 10.3. The largest absolute Gasteiger partial charge is 0.497 e. The molecule has 0 aliphatic carbocycles. The number of nitrogens with zero attached hydrogens (tertiary/aromatic N) is 4. The van der Waals surface area contributed by atoms with E-state index in [0.29, 0.717) is 42.7 Å². The van der Waals surface area contributed by atoms with E-state index in [1.54, 1.807) is 19.2 Å². The third kappa shape index (κ3) is 6.75. The Kier molecular flexibility index (Phi) is 9.28. The number of hydrogen-bond donors (Lipinski definition) is 0. The smallest absolute Gasteiger partial charge is 0.262 e. The van der Waals surface area contributed by atoms with Crippen LogP contribution in [0.25, 0.3) is 0 Å². The average molecular weight is 579 g/mol. The summed E-state index contributed by atoms with van der Waals surface area (Å²) in [6, 6.07) is 20.2. The number of carbonyl (C=O) groups is 2. The van der Waals surface area contributed by atoms with Gasteiger partial charge in [-0.15, -0.1) is 0 Å². The molecule has 2 heterocycles. The number of hydrazone groups is 1. The minimum Gasteiger partial charge on any atom is -0.497 e. The van der Waals surface area contributed by atoms with E-state index in [2.05, 4.69) is 4.90 Å². The van der Waals surface area contributed by atoms with Crippen molar-refractivity contribution in [1.29, 1.82) is 0 Å². The minimum absolute atomic E-state index is 0.0735. The maximum absolute atomic E-state index is 14.6. The summed E-state index contributed by atoms with van der Waals surface area (Å²) in [5, 5.41) is 6.68. The molecule has 2 amide bonds. The third-order valence-electron chi connectivity index (χ3n) is 7.36. The Morgan fingerprint density at radius 3 is 2.46 bits per heavy atom. The highest BCUT2D eigenvalue weighted by Crippen LogP contribution is 2.35. The number of ether oxygens (including phenoxy) is 2. The van der Waals surface area contributed by atoms with Crippen LogP contribution < -0.4 is 4.74 Å². The Hall–Kier alpha value is -3.79. The minimum atomic E-state index is -0.627. The van der Waals surface area contributed by atoms with Gasteiger partial charge < -0.3 is 14.4 Å². The van der Waals surface area contributed by atoms with Gasteiger partial charge in [0.05, 0.1) is 37.6 Å². The molecule has 41 heavy (non-hydrogen) atoms. The predicted molar refractivity (Wildman–Crippen MR) is 155 cm³/mol. The summed E-state index contributed by atoms with van der Waals surface area (Å²) in [5.41, 5.74) is 2.21. The van der Waals surface area contributed by atoms with Crippen LogP contribution in [0.3, 0.4) is 0 Å². The molecule has 2 aliphatic heterocycles. The number of halogens is 2. The molecule has 0 unspecified atom stereocenters. The van der Waals surface area contributed by atoms with Crippen molar-refractivity contribution < 1.29 is 23.5 Å². The Morgan fingerprint density at radius 2 is 1.76 bits per heavy atom. The van der Waals surface area contributed by atoms with Gasteiger partial charge in [0.25, 0.3) is 11.8 Å². The summed E-state index contributed by atoms with van der Waals surface area (Å²) in [6.45, 7) is 3.20. The van der Waals surface area contributed by atoms with Crippen LogP contribution in [0.5, 0.6) is 5.75 Å². The quantitative estimate of drug-likeness (QED) is 0.370. The molecule has 8 nitrogen and oxygen atoms in total. The van der Waals surface area contributed by atoms with Crippen LogP contribution in [0.1, 0.15) is 33.9 Å². The molecule has 0 N–H and O–H groups in total. The number of hydrogen-bond acceptors (Lipinski definition) is 6. The first-order valence-electron chi connectivity index (χ1n) is 13.6. The molecule has 0 aromatic heterocycles. The van der Waals surface area contributed by atoms with Crippen LogP contribution in [0.4, 0.5) is 4.39 Å². The van der Waals surface area contributed by atoms with Gasteiger partial charge in [-0.1, -0.05) is 54.1 Å². The van der Waals surface area contributed by atoms with Crippen LogP contribution in [0.15, 0.2) is 77.9 Å². The molecular formula is C31H32ClFN4O4. The molecular weight excluding hydrogens is 547 g/mol. The molecule has 1 atom stereocenters. The van der Waals surface area contributed by atoms with Crippen molar-refractivity contribution in [2.24, 2.45) is 5.10 Å². The Morgan fingerprint density at radius 1 is 1.05 bits per heavy atom. The first kappa shape index (κ1) is 28.7. The van der Waals surface area contributed by atoms with Gasteiger partial charge in [-0.2, -0.15) is 5.10 Å². The van der Waals surface area contributed by atoms with Gasteiger partial charge in [0.2, 0.25) is 0 Å². The lowest BCUT2D eigenvalue weighted by Crippen LogP contribution is -2.46. The van der Waals surface area contributed by atoms with E-state index in [1.165, 1.54) is 28.1 Å². The first-order valence-corrected chi connectivity index (χ1v) is 13.9. The number of morpholine rings is 1. The SMILES string of the molecule is COc1ccc([C@@H]2CC(c3ccccc3Cl)=NN2C(=O)CN(CCN2CCOCC2)C(=O)c2ccccc2F)cc1. The zero-order valence-electron chi connectivity index (χ0n) is 22.8. The van der Waals surface area contributed by atoms with E-state index < -0.39 is 17.8 Å². The summed E-state index contributed by atoms with van der Waals surface area (Å²) >= 11 is 6.49. The standard InChI is InChI=1S/C31H32ClFN4O4/c1-40-23-12-10-22(11-13-23)29-20-28(24-6-2-4-8-26(24)32)34-37(29)30(38)21-36(15-14-35-16-18-41-19-17-35)31(39)25-7-3-5-9-27(25)33/h2-13,29H,14-21H2,1H3/t29-/m0/s1. The number of carbonyl (C=O) groups excluding carboxylic acids is 2. The van der Waals surface area contributed by atoms with E-state index in [4.69, 9.17) is 26.2 Å². The second kappa shape index (κ2) is 13.2. The van der Waals surface area contributed by atoms with E-state index in [0.717, 1.165) is 24.2 Å². The molecule has 0 spiro atoms. The molecule has 0 bridgehead atoms. The zero-order valence-corrected chi connectivity index (χ0v) is 23.6. The maximum Gasteiger partial charge on any atom is 0.262 e. The molecule has 214 valence electrons. The molecule has 0 radical (unpaired) electrons. The maximum atomic E-state index is 14.6. The third-order valence-corrected chi connectivity index (χ3v) is 7.69. The van der Waals surface area contributed by atoms with Crippen molar-refractivity contribution in [2.45, 2.75) is 12.5 Å². The van der Waals surface area contributed by atoms with Gasteiger partial charge >= 0.3 is 0 Å². The summed E-state index contributed by atoms with van der Waals surface area (Å²) in [5.74, 6) is -0.848. The lowest BCUT2D eigenvalue weighted by molar-refractivity contribution is -0.133. The van der Waals surface area contributed by atoms with E-state index in [1.807, 2.05) is 42.5 Å². The number of amides is 2. The van der Waals surface area contributed by atoms with E-state index >= 15 is 0 Å². The van der Waals surface area contributed by atoms with Crippen LogP contribution in [-0.4, -0.2) is 85.4 Å². The zero-order chi connectivity index (χ0) is 28.8. The van der Waals surface area contributed by atoms with Crippen molar-refractivity contribution in [3.05, 3.63) is 100 Å². The Labute approximate surface area is 243 Å². The highest BCUT2D eigenvalue weighted by molar-refractivity contribution is 6.34. The Balaban J connectivity index is 1.43. The van der Waals surface area contributed by atoms with Crippen molar-refractivity contribution in [1.82, 2.24) is 14.8 Å². The van der Waals surface area contributed by atoms with E-state index in [9.17, 15) is 14.0 Å². The van der Waals surface area contributed by atoms with Crippen LogP contribution in [-0.2, 0) is 9.53 Å². The van der Waals surface area contributed by atoms with Crippen molar-refractivity contribution in [3.63, 3.8) is 0 Å². The molecule has 2 aliphatic rings. The second-order valence-electron chi connectivity index (χ2n) is 9.92. The molecule has 3 aromatic rings. The summed E-state index contributed by atoms with van der Waals surface area (Å²) in [6.07, 6.45) is 0.441. The van der Waals surface area contributed by atoms with Gasteiger partial charge in [-0.3, -0.25) is 14.5 Å². The topological polar surface area (TPSA) is 74.7 Å². The van der Waals surface area contributed by atoms with Crippen LogP contribution in [0.2, 0.25) is 5.02 Å². The fourth-order valence-electron chi connectivity index (χ4n) is 5.06. The van der Waals surface area contributed by atoms with Gasteiger partial charge in [-0.25, -0.2) is 9.40 Å². The van der Waals surface area contributed by atoms with Crippen molar-refractivity contribution in [2.75, 3.05) is 53.0 Å². The first-order chi connectivity index (χ1) is 19.9. The highest BCUT2D eigenvalue weighted by atomic mass is 35.5. The van der Waals surface area contributed by atoms with Crippen LogP contribution >= 0.6 is 11.6 Å². The molecule has 5 rings (SSSR count).